The number of aromatic amines is 1. The molecule has 1 aromatic heterocycles. The highest BCUT2D eigenvalue weighted by atomic mass is 35.5. The molecule has 132 valence electrons. The summed E-state index contributed by atoms with van der Waals surface area (Å²) >= 11 is 0. The van der Waals surface area contributed by atoms with Crippen LogP contribution in [0.25, 0.3) is 0 Å². The molecule has 0 saturated heterocycles. The Labute approximate surface area is 157 Å². The number of rotatable bonds is 4. The number of imide groups is 1. The number of carbonyl (C=O) groups excluding carboxylic acids is 2. The second kappa shape index (κ2) is 9.34. The molecule has 0 saturated carbocycles. The van der Waals surface area contributed by atoms with Crippen LogP contribution in [0.15, 0.2) is 85.1 Å². The Bertz CT molecular complexity index is 803. The van der Waals surface area contributed by atoms with Gasteiger partial charge in [-0.2, -0.15) is 0 Å². The Hall–Kier alpha value is -3.18. The Morgan fingerprint density at radius 2 is 1.31 bits per heavy atom. The molecule has 5 nitrogen and oxygen atoms in total. The van der Waals surface area contributed by atoms with Crippen LogP contribution in [0.2, 0.25) is 0 Å². The van der Waals surface area contributed by atoms with Gasteiger partial charge in [0.25, 0.3) is 5.69 Å². The lowest BCUT2D eigenvalue weighted by Crippen LogP contribution is -3.00. The quantitative estimate of drug-likeness (QED) is 0.666. The molecular weight excluding hydrogens is 350 g/mol. The van der Waals surface area contributed by atoms with Crippen LogP contribution in [0.3, 0.4) is 0 Å². The molecule has 0 unspecified atom stereocenters. The fourth-order valence-corrected chi connectivity index (χ4v) is 2.52. The van der Waals surface area contributed by atoms with E-state index in [1.807, 2.05) is 60.7 Å². The zero-order valence-electron chi connectivity index (χ0n) is 13.9. The number of hydrogen-bond donors (Lipinski definition) is 2. The van der Waals surface area contributed by atoms with Crippen molar-refractivity contribution in [2.75, 3.05) is 0 Å². The van der Waals surface area contributed by atoms with Gasteiger partial charge in [0.2, 0.25) is 0 Å². The van der Waals surface area contributed by atoms with E-state index in [1.54, 1.807) is 24.4 Å². The predicted molar refractivity (Wildman–Crippen MR) is 93.7 cm³/mol. The number of pyridine rings is 1. The Kier molecular flexibility index (Phi) is 6.88. The van der Waals surface area contributed by atoms with Crippen molar-refractivity contribution in [1.29, 1.82) is 0 Å². The van der Waals surface area contributed by atoms with Gasteiger partial charge in [-0.1, -0.05) is 60.7 Å². The lowest BCUT2D eigenvalue weighted by atomic mass is 9.99. The lowest BCUT2D eigenvalue weighted by molar-refractivity contribution is -0.382. The maximum atomic E-state index is 12.3. The molecule has 6 heteroatoms. The van der Waals surface area contributed by atoms with E-state index in [4.69, 9.17) is 0 Å². The van der Waals surface area contributed by atoms with Gasteiger partial charge >= 0.3 is 11.9 Å². The van der Waals surface area contributed by atoms with Gasteiger partial charge in [-0.3, -0.25) is 10.1 Å². The number of amides is 3. The average Bonchev–Trinajstić information content (AvgIpc) is 2.68. The van der Waals surface area contributed by atoms with Crippen LogP contribution in [0, 0.1) is 0 Å². The smallest absolute Gasteiger partial charge is 0.323 e. The molecule has 0 bridgehead atoms. The van der Waals surface area contributed by atoms with E-state index in [2.05, 4.69) is 15.6 Å². The molecule has 26 heavy (non-hydrogen) atoms. The summed E-state index contributed by atoms with van der Waals surface area (Å²) in [6.45, 7) is 0. The van der Waals surface area contributed by atoms with Crippen molar-refractivity contribution < 1.29 is 27.0 Å². The zero-order chi connectivity index (χ0) is 17.5. The molecule has 3 N–H and O–H groups in total. The molecular formula is C20H18ClN3O2. The van der Waals surface area contributed by atoms with E-state index < -0.39 is 11.9 Å². The molecule has 0 fully saturated rings. The standard InChI is InChI=1S/C20H17N3O2.ClH/c24-19(17-13-7-8-14-21-17)23-20(25)22-18(15-9-3-1-4-10-15)16-11-5-2-6-12-16;/h1-14,18H,(H2,22,23,24,25);1H. The first kappa shape index (κ1) is 19.1. The molecule has 3 rings (SSSR count). The van der Waals surface area contributed by atoms with E-state index in [0.717, 1.165) is 11.1 Å². The van der Waals surface area contributed by atoms with Gasteiger partial charge < -0.3 is 17.7 Å². The van der Waals surface area contributed by atoms with Crippen molar-refractivity contribution in [2.24, 2.45) is 0 Å². The van der Waals surface area contributed by atoms with Gasteiger partial charge in [-0.15, -0.1) is 0 Å². The largest absolute Gasteiger partial charge is 1.00 e. The fourth-order valence-electron chi connectivity index (χ4n) is 2.52. The molecule has 3 aromatic rings. The molecule has 1 heterocycles. The second-order valence-corrected chi connectivity index (χ2v) is 5.46. The summed E-state index contributed by atoms with van der Waals surface area (Å²) in [5.41, 5.74) is 2.18. The molecule has 0 radical (unpaired) electrons. The molecule has 0 spiro atoms. The summed E-state index contributed by atoms with van der Waals surface area (Å²) < 4.78 is 0. The van der Waals surface area contributed by atoms with Gasteiger partial charge in [-0.25, -0.2) is 9.78 Å². The van der Waals surface area contributed by atoms with Crippen molar-refractivity contribution in [3.63, 3.8) is 0 Å². The fraction of sp³-hybridized carbons (Fsp3) is 0.0500. The minimum Gasteiger partial charge on any atom is -1.00 e. The second-order valence-electron chi connectivity index (χ2n) is 5.46. The Morgan fingerprint density at radius 1 is 0.769 bits per heavy atom. The average molecular weight is 368 g/mol. The molecule has 3 amide bonds. The number of benzene rings is 2. The zero-order valence-corrected chi connectivity index (χ0v) is 14.6. The monoisotopic (exact) mass is 367 g/mol. The van der Waals surface area contributed by atoms with Gasteiger partial charge in [0.1, 0.15) is 0 Å². The van der Waals surface area contributed by atoms with E-state index in [9.17, 15) is 9.59 Å². The van der Waals surface area contributed by atoms with Crippen LogP contribution in [0.5, 0.6) is 0 Å². The van der Waals surface area contributed by atoms with Crippen molar-refractivity contribution in [3.8, 4) is 0 Å². The molecule has 2 aromatic carbocycles. The van der Waals surface area contributed by atoms with Crippen LogP contribution in [-0.2, 0) is 0 Å². The number of carbonyl (C=O) groups is 2. The lowest BCUT2D eigenvalue weighted by Gasteiger charge is -2.19. The van der Waals surface area contributed by atoms with E-state index in [1.165, 1.54) is 0 Å². The highest BCUT2D eigenvalue weighted by Gasteiger charge is 2.20. The van der Waals surface area contributed by atoms with Crippen molar-refractivity contribution in [1.82, 2.24) is 10.6 Å². The number of aromatic nitrogens is 1. The van der Waals surface area contributed by atoms with E-state index in [-0.39, 0.29) is 18.4 Å². The van der Waals surface area contributed by atoms with Crippen LogP contribution < -0.4 is 28.0 Å². The Morgan fingerprint density at radius 3 is 1.81 bits per heavy atom. The number of halogens is 1. The summed E-state index contributed by atoms with van der Waals surface area (Å²) in [5.74, 6) is -0.488. The summed E-state index contributed by atoms with van der Waals surface area (Å²) in [5, 5.41) is 5.21. The first-order valence-electron chi connectivity index (χ1n) is 7.92. The van der Waals surface area contributed by atoms with E-state index >= 15 is 0 Å². The minimum atomic E-state index is -0.556. The van der Waals surface area contributed by atoms with Gasteiger partial charge in [0, 0.05) is 12.1 Å². The number of H-pyrrole nitrogens is 1. The Balaban J connectivity index is 0.00000243. The summed E-state index contributed by atoms with van der Waals surface area (Å²) in [6, 6.07) is 23.4. The maximum absolute atomic E-state index is 12.3. The van der Waals surface area contributed by atoms with Crippen LogP contribution in [0.1, 0.15) is 27.7 Å². The third kappa shape index (κ3) is 4.91. The number of urea groups is 1. The maximum Gasteiger partial charge on any atom is 0.323 e. The number of hydrogen-bond acceptors (Lipinski definition) is 2. The minimum absolute atomic E-state index is 0. The van der Waals surface area contributed by atoms with Crippen molar-refractivity contribution in [2.45, 2.75) is 6.04 Å². The molecule has 0 aliphatic carbocycles. The molecule has 0 atom stereocenters. The SMILES string of the molecule is O=C(NC(=O)c1cccc[nH+]1)NC(c1ccccc1)c1ccccc1.[Cl-]. The first-order valence-corrected chi connectivity index (χ1v) is 7.92. The molecule has 0 aliphatic heterocycles. The van der Waals surface area contributed by atoms with Crippen LogP contribution >= 0.6 is 0 Å². The summed E-state index contributed by atoms with van der Waals surface area (Å²) in [7, 11) is 0. The highest BCUT2D eigenvalue weighted by Crippen LogP contribution is 2.21. The van der Waals surface area contributed by atoms with Crippen LogP contribution in [-0.4, -0.2) is 11.9 Å². The summed E-state index contributed by atoms with van der Waals surface area (Å²) in [6.07, 6.45) is 1.63. The highest BCUT2D eigenvalue weighted by molar-refractivity contribution is 6.02. The van der Waals surface area contributed by atoms with Gasteiger partial charge in [0.15, 0.2) is 6.20 Å². The predicted octanol–water partition coefficient (Wildman–Crippen LogP) is -0.266. The summed E-state index contributed by atoms with van der Waals surface area (Å²) in [4.78, 5) is 27.2. The molecule has 0 aliphatic rings. The van der Waals surface area contributed by atoms with Gasteiger partial charge in [-0.05, 0) is 17.2 Å². The topological polar surface area (TPSA) is 72.3 Å². The van der Waals surface area contributed by atoms with Crippen molar-refractivity contribution in [3.05, 3.63) is 102 Å². The van der Waals surface area contributed by atoms with Gasteiger partial charge in [0.05, 0.1) is 6.04 Å². The third-order valence-corrected chi connectivity index (χ3v) is 3.72. The number of nitrogens with one attached hydrogen (secondary N) is 3. The van der Waals surface area contributed by atoms with Crippen molar-refractivity contribution >= 4 is 11.9 Å². The van der Waals surface area contributed by atoms with Crippen LogP contribution in [0.4, 0.5) is 4.79 Å². The normalized spacial score (nSPS) is 9.88. The third-order valence-electron chi connectivity index (χ3n) is 3.72. The first-order chi connectivity index (χ1) is 12.2. The van der Waals surface area contributed by atoms with E-state index in [0.29, 0.717) is 5.69 Å².